The maximum Gasteiger partial charge on any atom is 0.310 e. The summed E-state index contributed by atoms with van der Waals surface area (Å²) in [5.41, 5.74) is 0. The fraction of sp³-hybridized carbons (Fsp3) is 0.917. The number of aliphatic hydroxyl groups is 1. The van der Waals surface area contributed by atoms with Crippen molar-refractivity contribution < 1.29 is 19.7 Å². The van der Waals surface area contributed by atoms with Crippen molar-refractivity contribution in [2.45, 2.75) is 44.4 Å². The van der Waals surface area contributed by atoms with E-state index in [1.807, 2.05) is 6.92 Å². The number of hydrogen-bond donors (Lipinski definition) is 2. The molecule has 17 heavy (non-hydrogen) atoms. The molecule has 2 fully saturated rings. The van der Waals surface area contributed by atoms with Gasteiger partial charge in [-0.3, -0.25) is 9.69 Å². The van der Waals surface area contributed by atoms with E-state index >= 15 is 0 Å². The number of aliphatic carboxylic acids is 1. The largest absolute Gasteiger partial charge is 0.481 e. The minimum absolute atomic E-state index is 0.0877. The van der Waals surface area contributed by atoms with Crippen molar-refractivity contribution in [2.75, 3.05) is 19.8 Å². The Morgan fingerprint density at radius 1 is 1.35 bits per heavy atom. The molecule has 1 aliphatic carbocycles. The number of rotatable bonds is 4. The van der Waals surface area contributed by atoms with E-state index in [2.05, 4.69) is 4.90 Å². The van der Waals surface area contributed by atoms with Gasteiger partial charge in [0.2, 0.25) is 0 Å². The van der Waals surface area contributed by atoms with Crippen LogP contribution in [0.1, 0.15) is 26.2 Å². The first-order valence-electron chi connectivity index (χ1n) is 6.39. The first kappa shape index (κ1) is 12.8. The Kier molecular flexibility index (Phi) is 4.01. The van der Waals surface area contributed by atoms with Gasteiger partial charge in [0.1, 0.15) is 0 Å². The lowest BCUT2D eigenvalue weighted by Crippen LogP contribution is -2.51. The van der Waals surface area contributed by atoms with Gasteiger partial charge >= 0.3 is 5.97 Å². The van der Waals surface area contributed by atoms with E-state index in [1.54, 1.807) is 0 Å². The molecule has 0 amide bonds. The minimum atomic E-state index is -0.793. The number of aliphatic hydroxyl groups excluding tert-OH is 1. The second-order valence-electron chi connectivity index (χ2n) is 4.95. The van der Waals surface area contributed by atoms with Gasteiger partial charge in [-0.25, -0.2) is 0 Å². The van der Waals surface area contributed by atoms with Crippen LogP contribution < -0.4 is 0 Å². The summed E-state index contributed by atoms with van der Waals surface area (Å²) in [7, 11) is 0. The van der Waals surface area contributed by atoms with Crippen molar-refractivity contribution >= 4 is 5.97 Å². The lowest BCUT2D eigenvalue weighted by molar-refractivity contribution is -0.143. The predicted molar refractivity (Wildman–Crippen MR) is 61.8 cm³/mol. The topological polar surface area (TPSA) is 70.0 Å². The molecule has 0 aromatic rings. The molecule has 2 N–H and O–H groups in total. The Labute approximate surface area is 101 Å². The maximum atomic E-state index is 11.2. The van der Waals surface area contributed by atoms with Crippen molar-refractivity contribution in [1.82, 2.24) is 4.90 Å². The van der Waals surface area contributed by atoms with E-state index in [4.69, 9.17) is 9.84 Å². The Bertz CT molecular complexity index is 284. The quantitative estimate of drug-likeness (QED) is 0.744. The van der Waals surface area contributed by atoms with Crippen LogP contribution in [0.2, 0.25) is 0 Å². The van der Waals surface area contributed by atoms with Crippen LogP contribution >= 0.6 is 0 Å². The number of likely N-dealkylation sites (N-methyl/N-ethyl adjacent to an activating group) is 1. The summed E-state index contributed by atoms with van der Waals surface area (Å²) in [5, 5.41) is 19.1. The second kappa shape index (κ2) is 5.33. The highest BCUT2D eigenvalue weighted by Crippen LogP contribution is 2.30. The number of hydrogen-bond acceptors (Lipinski definition) is 4. The van der Waals surface area contributed by atoms with Gasteiger partial charge in [-0.15, -0.1) is 0 Å². The van der Waals surface area contributed by atoms with Gasteiger partial charge in [0.05, 0.1) is 25.2 Å². The van der Waals surface area contributed by atoms with Crippen LogP contribution in [0.4, 0.5) is 0 Å². The Balaban J connectivity index is 2.09. The summed E-state index contributed by atoms with van der Waals surface area (Å²) in [5.74, 6) is -1.25. The Hall–Kier alpha value is -0.650. The molecule has 0 radical (unpaired) electrons. The zero-order chi connectivity index (χ0) is 12.4. The average Bonchev–Trinajstić information content (AvgIpc) is 2.90. The highest BCUT2D eigenvalue weighted by Gasteiger charge is 2.42. The third-order valence-corrected chi connectivity index (χ3v) is 4.03. The SMILES string of the molecule is CCN(C1CCCC1O)C1COCC1C(=O)O. The molecule has 0 spiro atoms. The Morgan fingerprint density at radius 3 is 2.65 bits per heavy atom. The third kappa shape index (κ3) is 2.46. The molecule has 4 atom stereocenters. The van der Waals surface area contributed by atoms with Crippen LogP contribution in [0.3, 0.4) is 0 Å². The van der Waals surface area contributed by atoms with Crippen molar-refractivity contribution in [3.8, 4) is 0 Å². The molecule has 98 valence electrons. The number of carbonyl (C=O) groups is 1. The lowest BCUT2D eigenvalue weighted by Gasteiger charge is -2.36. The zero-order valence-electron chi connectivity index (χ0n) is 10.2. The van der Waals surface area contributed by atoms with E-state index in [0.717, 1.165) is 25.8 Å². The van der Waals surface area contributed by atoms with Crippen molar-refractivity contribution in [2.24, 2.45) is 5.92 Å². The van der Waals surface area contributed by atoms with Gasteiger partial charge in [-0.2, -0.15) is 0 Å². The summed E-state index contributed by atoms with van der Waals surface area (Å²) >= 11 is 0. The normalized spacial score (nSPS) is 37.8. The predicted octanol–water partition coefficient (Wildman–Crippen LogP) is 0.321. The smallest absolute Gasteiger partial charge is 0.310 e. The van der Waals surface area contributed by atoms with Gasteiger partial charge in [-0.1, -0.05) is 6.92 Å². The molecule has 1 heterocycles. The number of ether oxygens (including phenoxy) is 1. The van der Waals surface area contributed by atoms with Gasteiger partial charge < -0.3 is 14.9 Å². The summed E-state index contributed by atoms with van der Waals surface area (Å²) < 4.78 is 5.30. The summed E-state index contributed by atoms with van der Waals surface area (Å²) in [6.45, 7) is 3.54. The van der Waals surface area contributed by atoms with Crippen molar-refractivity contribution in [1.29, 1.82) is 0 Å². The van der Waals surface area contributed by atoms with Crippen LogP contribution in [-0.4, -0.2) is 59.0 Å². The Morgan fingerprint density at radius 2 is 2.12 bits per heavy atom. The second-order valence-corrected chi connectivity index (χ2v) is 4.95. The lowest BCUT2D eigenvalue weighted by atomic mass is 9.99. The molecule has 0 aromatic heterocycles. The third-order valence-electron chi connectivity index (χ3n) is 4.03. The molecular weight excluding hydrogens is 222 g/mol. The first-order chi connectivity index (χ1) is 8.15. The number of nitrogens with zero attached hydrogens (tertiary/aromatic N) is 1. The molecule has 2 rings (SSSR count). The van der Waals surface area contributed by atoms with Gasteiger partial charge in [-0.05, 0) is 25.8 Å². The highest BCUT2D eigenvalue weighted by molar-refractivity contribution is 5.71. The zero-order valence-corrected chi connectivity index (χ0v) is 10.2. The summed E-state index contributed by atoms with van der Waals surface area (Å²) in [6.07, 6.45) is 2.49. The van der Waals surface area contributed by atoms with E-state index in [-0.39, 0.29) is 18.2 Å². The highest BCUT2D eigenvalue weighted by atomic mass is 16.5. The van der Waals surface area contributed by atoms with Crippen LogP contribution in [0.25, 0.3) is 0 Å². The first-order valence-corrected chi connectivity index (χ1v) is 6.39. The van der Waals surface area contributed by atoms with Crippen molar-refractivity contribution in [3.05, 3.63) is 0 Å². The molecule has 0 aromatic carbocycles. The monoisotopic (exact) mass is 243 g/mol. The molecule has 4 unspecified atom stereocenters. The molecule has 0 bridgehead atoms. The average molecular weight is 243 g/mol. The van der Waals surface area contributed by atoms with Crippen LogP contribution in [0, 0.1) is 5.92 Å². The van der Waals surface area contributed by atoms with Gasteiger partial charge in [0.25, 0.3) is 0 Å². The van der Waals surface area contributed by atoms with Crippen LogP contribution in [0.5, 0.6) is 0 Å². The summed E-state index contributed by atoms with van der Waals surface area (Å²) in [6, 6.07) is 0.0174. The van der Waals surface area contributed by atoms with Gasteiger partial charge in [0, 0.05) is 12.1 Å². The van der Waals surface area contributed by atoms with E-state index in [9.17, 15) is 9.90 Å². The molecule has 5 heteroatoms. The van der Waals surface area contributed by atoms with E-state index in [1.165, 1.54) is 0 Å². The molecule has 1 aliphatic heterocycles. The minimum Gasteiger partial charge on any atom is -0.481 e. The molecule has 2 aliphatic rings. The van der Waals surface area contributed by atoms with E-state index in [0.29, 0.717) is 13.2 Å². The van der Waals surface area contributed by atoms with Crippen LogP contribution in [-0.2, 0) is 9.53 Å². The standard InChI is InChI=1S/C12H21NO4/c1-2-13(9-4-3-5-11(9)14)10-7-17-6-8(10)12(15)16/h8-11,14H,2-7H2,1H3,(H,15,16). The number of carboxylic acids is 1. The maximum absolute atomic E-state index is 11.2. The molecular formula is C12H21NO4. The van der Waals surface area contributed by atoms with Crippen molar-refractivity contribution in [3.63, 3.8) is 0 Å². The van der Waals surface area contributed by atoms with Crippen LogP contribution in [0.15, 0.2) is 0 Å². The number of carboxylic acid groups (broad SMARTS) is 1. The molecule has 1 saturated heterocycles. The molecule has 5 nitrogen and oxygen atoms in total. The summed E-state index contributed by atoms with van der Waals surface area (Å²) in [4.78, 5) is 13.3. The fourth-order valence-corrected chi connectivity index (χ4v) is 3.13. The molecule has 1 saturated carbocycles. The van der Waals surface area contributed by atoms with E-state index < -0.39 is 11.9 Å². The fourth-order valence-electron chi connectivity index (χ4n) is 3.13. The van der Waals surface area contributed by atoms with Gasteiger partial charge in [0.15, 0.2) is 0 Å².